The van der Waals surface area contributed by atoms with Crippen LogP contribution < -0.4 is 0 Å². The van der Waals surface area contributed by atoms with Crippen molar-refractivity contribution in [2.24, 2.45) is 0 Å². The first-order valence-corrected chi connectivity index (χ1v) is 10.1. The fraction of sp³-hybridized carbons (Fsp3) is 0.240. The molecule has 0 unspecified atom stereocenters. The molecule has 0 atom stereocenters. The van der Waals surface area contributed by atoms with Gasteiger partial charge in [0.2, 0.25) is 0 Å². The van der Waals surface area contributed by atoms with E-state index in [1.165, 1.54) is 12.1 Å². The quantitative estimate of drug-likeness (QED) is 0.603. The van der Waals surface area contributed by atoms with Crippen molar-refractivity contribution in [3.63, 3.8) is 0 Å². The maximum atomic E-state index is 13.4. The number of pyridine rings is 1. The topological polar surface area (TPSA) is 57.0 Å². The molecule has 0 saturated heterocycles. The van der Waals surface area contributed by atoms with Crippen LogP contribution in [0.15, 0.2) is 48.5 Å². The van der Waals surface area contributed by atoms with E-state index in [1.54, 1.807) is 24.1 Å². The first-order chi connectivity index (χ1) is 14.6. The first kappa shape index (κ1) is 19.8. The van der Waals surface area contributed by atoms with Crippen LogP contribution in [0.3, 0.4) is 0 Å². The van der Waals surface area contributed by atoms with Gasteiger partial charge in [-0.2, -0.15) is 5.26 Å². The van der Waals surface area contributed by atoms with Crippen LogP contribution in [0.4, 0.5) is 4.39 Å². The molecule has 0 fully saturated rings. The zero-order valence-electron chi connectivity index (χ0n) is 16.9. The van der Waals surface area contributed by atoms with Gasteiger partial charge in [-0.15, -0.1) is 0 Å². The summed E-state index contributed by atoms with van der Waals surface area (Å²) in [5.74, 6) is -0.346. The van der Waals surface area contributed by atoms with Crippen LogP contribution in [0, 0.1) is 17.1 Å². The van der Waals surface area contributed by atoms with Gasteiger partial charge in [0.25, 0.3) is 5.91 Å². The molecule has 3 aromatic rings. The van der Waals surface area contributed by atoms with Crippen LogP contribution in [0.25, 0.3) is 22.6 Å². The van der Waals surface area contributed by atoms with Gasteiger partial charge in [-0.1, -0.05) is 30.3 Å². The van der Waals surface area contributed by atoms with Crippen molar-refractivity contribution in [2.75, 3.05) is 13.6 Å². The molecule has 5 heteroatoms. The lowest BCUT2D eigenvalue weighted by Gasteiger charge is -2.25. The van der Waals surface area contributed by atoms with E-state index < -0.39 is 0 Å². The van der Waals surface area contributed by atoms with Gasteiger partial charge >= 0.3 is 0 Å². The van der Waals surface area contributed by atoms with Crippen LogP contribution in [0.5, 0.6) is 0 Å². The molecule has 1 amide bonds. The Balaban J connectivity index is 1.87. The molecule has 1 heterocycles. The third kappa shape index (κ3) is 3.81. The van der Waals surface area contributed by atoms with Gasteiger partial charge in [0.05, 0.1) is 29.3 Å². The molecule has 4 nitrogen and oxygen atoms in total. The minimum absolute atomic E-state index is 0.0804. The number of amides is 1. The summed E-state index contributed by atoms with van der Waals surface area (Å²) in [4.78, 5) is 19.9. The van der Waals surface area contributed by atoms with Gasteiger partial charge in [0.15, 0.2) is 0 Å². The largest absolute Gasteiger partial charge is 0.341 e. The van der Waals surface area contributed by atoms with E-state index in [-0.39, 0.29) is 11.7 Å². The number of carbonyl (C=O) groups is 1. The fourth-order valence-corrected chi connectivity index (χ4v) is 3.99. The zero-order chi connectivity index (χ0) is 21.1. The van der Waals surface area contributed by atoms with Crippen LogP contribution in [-0.4, -0.2) is 29.4 Å². The summed E-state index contributed by atoms with van der Waals surface area (Å²) in [6.07, 6.45) is 4.88. The molecule has 0 spiro atoms. The Bertz CT molecular complexity index is 1180. The summed E-state index contributed by atoms with van der Waals surface area (Å²) in [5.41, 5.74) is 5.24. The third-order valence-electron chi connectivity index (χ3n) is 5.50. The lowest BCUT2D eigenvalue weighted by atomic mass is 9.85. The average molecular weight is 399 g/mol. The Kier molecular flexibility index (Phi) is 5.58. The highest BCUT2D eigenvalue weighted by Gasteiger charge is 2.26. The van der Waals surface area contributed by atoms with Crippen LogP contribution in [0.1, 0.15) is 46.4 Å². The summed E-state index contributed by atoms with van der Waals surface area (Å²) in [5, 5.41) is 9.74. The number of fused-ring (bicyclic) bond motifs is 2. The molecular formula is C25H22FN3O. The van der Waals surface area contributed by atoms with Crippen molar-refractivity contribution in [3.8, 4) is 6.07 Å². The van der Waals surface area contributed by atoms with Crippen LogP contribution in [0.2, 0.25) is 0 Å². The molecule has 4 rings (SSSR count). The number of nitriles is 1. The van der Waals surface area contributed by atoms with Crippen LogP contribution in [-0.2, 0) is 6.42 Å². The zero-order valence-corrected chi connectivity index (χ0v) is 16.9. The van der Waals surface area contributed by atoms with Gasteiger partial charge in [0.1, 0.15) is 5.82 Å². The second-order valence-corrected chi connectivity index (χ2v) is 7.54. The molecule has 0 radical (unpaired) electrons. The molecule has 0 aliphatic heterocycles. The number of halogens is 1. The van der Waals surface area contributed by atoms with E-state index >= 15 is 0 Å². The molecule has 30 heavy (non-hydrogen) atoms. The Labute approximate surface area is 175 Å². The molecule has 1 aromatic heterocycles. The first-order valence-electron chi connectivity index (χ1n) is 10.1. The van der Waals surface area contributed by atoms with Gasteiger partial charge in [-0.3, -0.25) is 4.79 Å². The number of carbonyl (C=O) groups excluding carboxylic acids is 1. The van der Waals surface area contributed by atoms with Crippen LogP contribution >= 0.6 is 0 Å². The second kappa shape index (κ2) is 8.46. The molecular weight excluding hydrogens is 377 g/mol. The van der Waals surface area contributed by atoms with Gasteiger partial charge in [-0.25, -0.2) is 9.37 Å². The smallest absolute Gasteiger partial charge is 0.254 e. The van der Waals surface area contributed by atoms with Gasteiger partial charge in [-0.05, 0) is 60.2 Å². The van der Waals surface area contributed by atoms with E-state index in [9.17, 15) is 9.18 Å². The highest BCUT2D eigenvalue weighted by molar-refractivity contribution is 6.09. The predicted molar refractivity (Wildman–Crippen MR) is 116 cm³/mol. The SMILES string of the molecule is CN(CCC#N)C(=O)c1c2c(nc3ccccc13)/C(=C\c1ccc(F)cc1)CCC2. The van der Waals surface area contributed by atoms with E-state index in [0.717, 1.165) is 52.6 Å². The van der Waals surface area contributed by atoms with Crippen molar-refractivity contribution in [2.45, 2.75) is 25.7 Å². The number of hydrogen-bond donors (Lipinski definition) is 0. The van der Waals surface area contributed by atoms with Gasteiger partial charge < -0.3 is 4.90 Å². The maximum Gasteiger partial charge on any atom is 0.254 e. The summed E-state index contributed by atoms with van der Waals surface area (Å²) < 4.78 is 13.3. The molecule has 150 valence electrons. The Morgan fingerprint density at radius 1 is 1.20 bits per heavy atom. The lowest BCUT2D eigenvalue weighted by Crippen LogP contribution is -2.29. The Morgan fingerprint density at radius 3 is 2.73 bits per heavy atom. The molecule has 0 bridgehead atoms. The maximum absolute atomic E-state index is 13.4. The minimum Gasteiger partial charge on any atom is -0.341 e. The van der Waals surface area contributed by atoms with Crippen molar-refractivity contribution in [1.82, 2.24) is 9.88 Å². The van der Waals surface area contributed by atoms with E-state index in [0.29, 0.717) is 18.5 Å². The summed E-state index contributed by atoms with van der Waals surface area (Å²) >= 11 is 0. The number of nitrogens with zero attached hydrogens (tertiary/aromatic N) is 3. The van der Waals surface area contributed by atoms with Crippen molar-refractivity contribution >= 4 is 28.5 Å². The molecule has 1 aliphatic rings. The van der Waals surface area contributed by atoms with Crippen molar-refractivity contribution in [3.05, 3.63) is 76.7 Å². The normalized spacial score (nSPS) is 14.4. The van der Waals surface area contributed by atoms with Crippen molar-refractivity contribution in [1.29, 1.82) is 5.26 Å². The second-order valence-electron chi connectivity index (χ2n) is 7.54. The summed E-state index contributed by atoms with van der Waals surface area (Å²) in [6.45, 7) is 0.388. The van der Waals surface area contributed by atoms with Gasteiger partial charge in [0, 0.05) is 19.0 Å². The molecule has 2 aromatic carbocycles. The highest BCUT2D eigenvalue weighted by Crippen LogP contribution is 2.36. The van der Waals surface area contributed by atoms with E-state index in [2.05, 4.69) is 6.07 Å². The average Bonchev–Trinajstić information content (AvgIpc) is 2.77. The summed E-state index contributed by atoms with van der Waals surface area (Å²) in [6, 6.07) is 16.2. The number of hydrogen-bond acceptors (Lipinski definition) is 3. The highest BCUT2D eigenvalue weighted by atomic mass is 19.1. The molecule has 0 saturated carbocycles. The molecule has 1 aliphatic carbocycles. The predicted octanol–water partition coefficient (Wildman–Crippen LogP) is 5.24. The standard InChI is InChI=1S/C25H22FN3O/c1-29(15-5-14-27)25(30)23-20-7-2-3-9-22(20)28-24-18(6-4-8-21(23)24)16-17-10-12-19(26)13-11-17/h2-3,7,9-13,16H,4-6,8,15H2,1H3/b18-16-. The number of para-hydroxylation sites is 1. The fourth-order valence-electron chi connectivity index (χ4n) is 3.99. The molecule has 0 N–H and O–H groups in total. The number of allylic oxidation sites excluding steroid dienone is 1. The minimum atomic E-state index is -0.265. The summed E-state index contributed by atoms with van der Waals surface area (Å²) in [7, 11) is 1.74. The number of rotatable bonds is 4. The number of benzene rings is 2. The third-order valence-corrected chi connectivity index (χ3v) is 5.50. The number of aromatic nitrogens is 1. The lowest BCUT2D eigenvalue weighted by molar-refractivity contribution is 0.0798. The monoisotopic (exact) mass is 399 g/mol. The van der Waals surface area contributed by atoms with E-state index in [1.807, 2.05) is 30.3 Å². The van der Waals surface area contributed by atoms with Crippen molar-refractivity contribution < 1.29 is 9.18 Å². The Morgan fingerprint density at radius 2 is 1.97 bits per heavy atom. The Hall–Kier alpha value is -3.52. The van der Waals surface area contributed by atoms with E-state index in [4.69, 9.17) is 10.2 Å².